The zero-order valence-electron chi connectivity index (χ0n) is 18.2. The molecule has 0 radical (unpaired) electrons. The highest BCUT2D eigenvalue weighted by atomic mass is 16.5. The summed E-state index contributed by atoms with van der Waals surface area (Å²) in [5.41, 5.74) is 2.32. The number of anilines is 1. The predicted octanol–water partition coefficient (Wildman–Crippen LogP) is 2.78. The monoisotopic (exact) mass is 445 g/mol. The highest BCUT2D eigenvalue weighted by Gasteiger charge is 2.61. The molecule has 4 aliphatic rings. The molecule has 4 fully saturated rings. The summed E-state index contributed by atoms with van der Waals surface area (Å²) in [7, 11) is 0. The highest BCUT2D eigenvalue weighted by Crippen LogP contribution is 2.58. The van der Waals surface area contributed by atoms with Crippen molar-refractivity contribution in [2.75, 3.05) is 11.9 Å². The van der Waals surface area contributed by atoms with Gasteiger partial charge in [0.15, 0.2) is 5.65 Å². The van der Waals surface area contributed by atoms with Crippen molar-refractivity contribution in [2.45, 2.75) is 56.1 Å². The standard InChI is InChI=1S/C23H23N7O3/c1-22-11-23(12-22,13-32-22)17-10-29-9-15(20(28-21(29)27-17)33-14-4-2-5-14)19(31)26-16-8-25-30-7-3-6-24-18(16)30/h3,6-10,14H,2,4-5,11-13H2,1H3,(H,26,31). The van der Waals surface area contributed by atoms with Gasteiger partial charge >= 0.3 is 0 Å². The Morgan fingerprint density at radius 3 is 2.91 bits per heavy atom. The second kappa shape index (κ2) is 6.50. The Balaban J connectivity index is 1.26. The summed E-state index contributed by atoms with van der Waals surface area (Å²) in [6.07, 6.45) is 13.8. The van der Waals surface area contributed by atoms with E-state index in [1.165, 1.54) is 0 Å². The number of nitrogens with zero attached hydrogens (tertiary/aromatic N) is 6. The van der Waals surface area contributed by atoms with Crippen LogP contribution in [-0.4, -0.2) is 53.2 Å². The van der Waals surface area contributed by atoms with Crippen LogP contribution in [0.15, 0.2) is 37.1 Å². The molecule has 0 atom stereocenters. The third-order valence-corrected chi connectivity index (χ3v) is 7.18. The number of ether oxygens (including phenoxy) is 2. The Morgan fingerprint density at radius 1 is 1.27 bits per heavy atom. The van der Waals surface area contributed by atoms with Gasteiger partial charge < -0.3 is 14.8 Å². The lowest BCUT2D eigenvalue weighted by Gasteiger charge is -2.41. The van der Waals surface area contributed by atoms with Crippen LogP contribution >= 0.6 is 0 Å². The topological polar surface area (TPSA) is 108 Å². The van der Waals surface area contributed by atoms with E-state index in [0.717, 1.165) is 37.8 Å². The van der Waals surface area contributed by atoms with Gasteiger partial charge in [-0.25, -0.2) is 14.5 Å². The normalized spacial score (nSPS) is 26.3. The lowest BCUT2D eigenvalue weighted by atomic mass is 9.62. The highest BCUT2D eigenvalue weighted by molar-refractivity contribution is 6.07. The van der Waals surface area contributed by atoms with Crippen LogP contribution in [0.5, 0.6) is 5.88 Å². The van der Waals surface area contributed by atoms with Gasteiger partial charge in [0.25, 0.3) is 5.91 Å². The molecule has 4 aromatic rings. The molecule has 2 saturated heterocycles. The summed E-state index contributed by atoms with van der Waals surface area (Å²) in [5, 5.41) is 7.16. The van der Waals surface area contributed by atoms with Crippen molar-refractivity contribution in [2.24, 2.45) is 0 Å². The quantitative estimate of drug-likeness (QED) is 0.503. The Hall–Kier alpha value is -3.53. The number of carbonyl (C=O) groups excluding carboxylic acids is 1. The number of amides is 1. The Morgan fingerprint density at radius 2 is 2.15 bits per heavy atom. The van der Waals surface area contributed by atoms with Crippen LogP contribution in [0, 0.1) is 0 Å². The summed E-state index contributed by atoms with van der Waals surface area (Å²) in [4.78, 5) is 27.1. The maximum Gasteiger partial charge on any atom is 0.262 e. The van der Waals surface area contributed by atoms with Gasteiger partial charge in [-0.05, 0) is 45.1 Å². The number of hydrogen-bond acceptors (Lipinski definition) is 7. The van der Waals surface area contributed by atoms with Crippen molar-refractivity contribution in [1.82, 2.24) is 29.0 Å². The second-order valence-corrected chi connectivity index (χ2v) is 9.74. The Bertz CT molecular complexity index is 1410. The minimum absolute atomic E-state index is 0.0326. The van der Waals surface area contributed by atoms with Gasteiger partial charge in [0, 0.05) is 30.2 Å². The molecule has 2 saturated carbocycles. The molecule has 2 aliphatic carbocycles. The van der Waals surface area contributed by atoms with Gasteiger partial charge in [0.1, 0.15) is 17.4 Å². The van der Waals surface area contributed by atoms with Crippen molar-refractivity contribution in [3.63, 3.8) is 0 Å². The molecule has 6 heterocycles. The van der Waals surface area contributed by atoms with Crippen molar-refractivity contribution >= 4 is 23.0 Å². The summed E-state index contributed by atoms with van der Waals surface area (Å²) in [6.45, 7) is 2.82. The summed E-state index contributed by atoms with van der Waals surface area (Å²) < 4.78 is 15.5. The molecule has 168 valence electrons. The predicted molar refractivity (Wildman–Crippen MR) is 117 cm³/mol. The zero-order chi connectivity index (χ0) is 22.2. The molecule has 1 N–H and O–H groups in total. The summed E-state index contributed by atoms with van der Waals surface area (Å²) >= 11 is 0. The minimum atomic E-state index is -0.326. The number of hydrogen-bond donors (Lipinski definition) is 1. The van der Waals surface area contributed by atoms with Crippen LogP contribution in [0.25, 0.3) is 11.4 Å². The average molecular weight is 445 g/mol. The molecule has 33 heavy (non-hydrogen) atoms. The van der Waals surface area contributed by atoms with Crippen LogP contribution in [0.2, 0.25) is 0 Å². The van der Waals surface area contributed by atoms with Crippen LogP contribution in [0.4, 0.5) is 5.69 Å². The number of rotatable bonds is 5. The fraction of sp³-hybridized carbons (Fsp3) is 0.435. The molecule has 8 rings (SSSR count). The maximum atomic E-state index is 13.3. The molecule has 10 heteroatoms. The van der Waals surface area contributed by atoms with E-state index in [4.69, 9.17) is 14.5 Å². The van der Waals surface area contributed by atoms with E-state index in [1.807, 2.05) is 10.6 Å². The molecular weight excluding hydrogens is 422 g/mol. The van der Waals surface area contributed by atoms with E-state index in [1.54, 1.807) is 35.4 Å². The van der Waals surface area contributed by atoms with Gasteiger partial charge in [0.2, 0.25) is 11.7 Å². The van der Waals surface area contributed by atoms with Gasteiger partial charge in [-0.2, -0.15) is 10.1 Å². The molecule has 0 aromatic carbocycles. The van der Waals surface area contributed by atoms with Crippen molar-refractivity contribution < 1.29 is 14.3 Å². The fourth-order valence-corrected chi connectivity index (χ4v) is 5.31. The van der Waals surface area contributed by atoms with E-state index in [9.17, 15) is 4.79 Å². The van der Waals surface area contributed by atoms with Gasteiger partial charge in [-0.3, -0.25) is 9.20 Å². The number of carbonyl (C=O) groups is 1. The first-order valence-corrected chi connectivity index (χ1v) is 11.3. The van der Waals surface area contributed by atoms with Crippen molar-refractivity contribution in [3.05, 3.63) is 48.3 Å². The molecule has 4 aromatic heterocycles. The van der Waals surface area contributed by atoms with Gasteiger partial charge in [0.05, 0.1) is 24.1 Å². The number of aromatic nitrogens is 6. The van der Waals surface area contributed by atoms with E-state index < -0.39 is 0 Å². The number of fused-ring (bicyclic) bond motifs is 3. The van der Waals surface area contributed by atoms with Crippen molar-refractivity contribution in [3.8, 4) is 5.88 Å². The van der Waals surface area contributed by atoms with Crippen LogP contribution in [0.1, 0.15) is 55.1 Å². The zero-order valence-corrected chi connectivity index (χ0v) is 18.2. The third-order valence-electron chi connectivity index (χ3n) is 7.18. The molecule has 2 aliphatic heterocycles. The number of nitrogens with one attached hydrogen (secondary N) is 1. The van der Waals surface area contributed by atoms with E-state index in [2.05, 4.69) is 27.3 Å². The molecule has 1 amide bonds. The first-order chi connectivity index (χ1) is 16.0. The SMILES string of the molecule is CC12CC(c3cn4cc(C(=O)Nc5cnn6cccnc56)c(OC5CCC5)nc4n3)(CO1)C2. The summed E-state index contributed by atoms with van der Waals surface area (Å²) in [6, 6.07) is 1.78. The molecular formula is C23H23N7O3. The lowest BCUT2D eigenvalue weighted by Crippen LogP contribution is -2.45. The largest absolute Gasteiger partial charge is 0.474 e. The smallest absolute Gasteiger partial charge is 0.262 e. The molecule has 0 spiro atoms. The van der Waals surface area contributed by atoms with E-state index in [0.29, 0.717) is 35.2 Å². The second-order valence-electron chi connectivity index (χ2n) is 9.74. The Labute approximate surface area is 189 Å². The minimum Gasteiger partial charge on any atom is -0.474 e. The maximum absolute atomic E-state index is 13.3. The van der Waals surface area contributed by atoms with Crippen LogP contribution in [0.3, 0.4) is 0 Å². The average Bonchev–Trinajstić information content (AvgIpc) is 3.51. The molecule has 0 unspecified atom stereocenters. The fourth-order valence-electron chi connectivity index (χ4n) is 5.31. The lowest BCUT2D eigenvalue weighted by molar-refractivity contribution is 0.0154. The molecule has 10 nitrogen and oxygen atoms in total. The molecule has 2 bridgehead atoms. The van der Waals surface area contributed by atoms with E-state index >= 15 is 0 Å². The van der Waals surface area contributed by atoms with Crippen molar-refractivity contribution in [1.29, 1.82) is 0 Å². The van der Waals surface area contributed by atoms with E-state index in [-0.39, 0.29) is 23.0 Å². The van der Waals surface area contributed by atoms with Crippen LogP contribution in [-0.2, 0) is 10.2 Å². The van der Waals surface area contributed by atoms with Gasteiger partial charge in [-0.1, -0.05) is 0 Å². The third kappa shape index (κ3) is 2.86. The Kier molecular flexibility index (Phi) is 3.74. The van der Waals surface area contributed by atoms with Gasteiger partial charge in [-0.15, -0.1) is 0 Å². The first-order valence-electron chi connectivity index (χ1n) is 11.3. The first kappa shape index (κ1) is 19.0. The summed E-state index contributed by atoms with van der Waals surface area (Å²) in [5.74, 6) is 0.515. The van der Waals surface area contributed by atoms with Crippen LogP contribution < -0.4 is 10.1 Å². The number of imidazole rings is 1.